The van der Waals surface area contributed by atoms with Gasteiger partial charge in [0, 0.05) is 35.0 Å². The minimum Gasteiger partial charge on any atom is -0.495 e. The summed E-state index contributed by atoms with van der Waals surface area (Å²) >= 11 is 6.81. The van der Waals surface area contributed by atoms with Crippen LogP contribution >= 0.6 is 11.6 Å². The Bertz CT molecular complexity index is 1270. The Morgan fingerprint density at radius 3 is 2.59 bits per heavy atom. The Hall–Kier alpha value is -3.48. The predicted octanol–water partition coefficient (Wildman–Crippen LogP) is 6.68. The van der Waals surface area contributed by atoms with Crippen molar-refractivity contribution >= 4 is 24.0 Å². The molecule has 0 aliphatic carbocycles. The molecule has 0 aliphatic heterocycles. The Morgan fingerprint density at radius 1 is 1.19 bits per heavy atom. The number of aromatic nitrogens is 2. The SMILES string of the molecule is C=CCCC(C)CNCc1ncc(-c2cccc(-c3cccc(/C(=C/N)N=C)c3Cl)c2OC)nc1CC. The molecular formula is C30H36ClN5O. The van der Waals surface area contributed by atoms with Crippen molar-refractivity contribution in [1.29, 1.82) is 0 Å². The molecule has 1 unspecified atom stereocenters. The quantitative estimate of drug-likeness (QED) is 0.195. The van der Waals surface area contributed by atoms with Crippen molar-refractivity contribution in [3.8, 4) is 28.1 Å². The van der Waals surface area contributed by atoms with Gasteiger partial charge in [0.25, 0.3) is 0 Å². The number of aliphatic imine (C=N–C) groups is 1. The normalized spacial score (nSPS) is 12.3. The standard InChI is InChI=1S/C30H36ClN5O/c1-6-8-11-20(3)17-34-18-28-25(7-2)36-27(19-35-28)24-15-10-13-22(30(24)37-5)21-12-9-14-23(29(21)31)26(16-32)33-4/h6,9-10,12-16,19-20,34H,1,4,7-8,11,17-18,32H2,2-3,5H3/b26-16-. The smallest absolute Gasteiger partial charge is 0.136 e. The summed E-state index contributed by atoms with van der Waals surface area (Å²) in [4.78, 5) is 13.7. The molecule has 0 aliphatic rings. The highest BCUT2D eigenvalue weighted by Gasteiger charge is 2.19. The van der Waals surface area contributed by atoms with Gasteiger partial charge in [0.05, 0.1) is 41.1 Å². The molecule has 3 N–H and O–H groups in total. The number of nitrogens with one attached hydrogen (secondary N) is 1. The maximum absolute atomic E-state index is 6.81. The van der Waals surface area contributed by atoms with Crippen LogP contribution in [0.5, 0.6) is 5.75 Å². The van der Waals surface area contributed by atoms with Gasteiger partial charge < -0.3 is 15.8 Å². The number of nitrogens with two attached hydrogens (primary N) is 1. The molecule has 1 atom stereocenters. The zero-order valence-corrected chi connectivity index (χ0v) is 22.7. The molecule has 1 heterocycles. The summed E-state index contributed by atoms with van der Waals surface area (Å²) in [6, 6.07) is 11.6. The zero-order chi connectivity index (χ0) is 26.8. The van der Waals surface area contributed by atoms with Gasteiger partial charge in [0.1, 0.15) is 5.75 Å². The number of rotatable bonds is 13. The van der Waals surface area contributed by atoms with Gasteiger partial charge >= 0.3 is 0 Å². The number of aryl methyl sites for hydroxylation is 1. The highest BCUT2D eigenvalue weighted by molar-refractivity contribution is 6.35. The third kappa shape index (κ3) is 6.64. The molecule has 37 heavy (non-hydrogen) atoms. The fourth-order valence-electron chi connectivity index (χ4n) is 4.29. The van der Waals surface area contributed by atoms with E-state index < -0.39 is 0 Å². The van der Waals surface area contributed by atoms with E-state index in [9.17, 15) is 0 Å². The van der Waals surface area contributed by atoms with Crippen LogP contribution in [0.25, 0.3) is 28.1 Å². The molecule has 1 aromatic heterocycles. The van der Waals surface area contributed by atoms with E-state index in [0.717, 1.165) is 59.6 Å². The van der Waals surface area contributed by atoms with Crippen molar-refractivity contribution in [2.75, 3.05) is 13.7 Å². The number of nitrogens with zero attached hydrogens (tertiary/aromatic N) is 3. The van der Waals surface area contributed by atoms with Crippen molar-refractivity contribution < 1.29 is 4.74 Å². The van der Waals surface area contributed by atoms with Crippen LogP contribution in [0, 0.1) is 5.92 Å². The number of allylic oxidation sites excluding steroid dienone is 1. The van der Waals surface area contributed by atoms with Crippen LogP contribution in [0.1, 0.15) is 43.6 Å². The number of methoxy groups -OCH3 is 1. The third-order valence-corrected chi connectivity index (χ3v) is 6.71. The summed E-state index contributed by atoms with van der Waals surface area (Å²) in [6.07, 6.45) is 8.11. The van der Waals surface area contributed by atoms with E-state index in [1.165, 1.54) is 6.20 Å². The molecule has 0 amide bonds. The van der Waals surface area contributed by atoms with Crippen LogP contribution in [0.3, 0.4) is 0 Å². The monoisotopic (exact) mass is 517 g/mol. The van der Waals surface area contributed by atoms with Gasteiger partial charge in [-0.3, -0.25) is 9.98 Å². The molecule has 3 rings (SSSR count). The predicted molar refractivity (Wildman–Crippen MR) is 156 cm³/mol. The van der Waals surface area contributed by atoms with Crippen LogP contribution < -0.4 is 15.8 Å². The van der Waals surface area contributed by atoms with E-state index in [1.807, 2.05) is 48.7 Å². The van der Waals surface area contributed by atoms with Crippen molar-refractivity contribution in [1.82, 2.24) is 15.3 Å². The lowest BCUT2D eigenvalue weighted by Crippen LogP contribution is -2.22. The average molecular weight is 518 g/mol. The molecular weight excluding hydrogens is 482 g/mol. The number of halogens is 1. The lowest BCUT2D eigenvalue weighted by atomic mass is 9.97. The van der Waals surface area contributed by atoms with E-state index in [0.29, 0.717) is 34.5 Å². The van der Waals surface area contributed by atoms with Gasteiger partial charge in [-0.2, -0.15) is 0 Å². The molecule has 7 heteroatoms. The van der Waals surface area contributed by atoms with Crippen LogP contribution in [0.4, 0.5) is 0 Å². The van der Waals surface area contributed by atoms with E-state index >= 15 is 0 Å². The molecule has 194 valence electrons. The van der Waals surface area contributed by atoms with E-state index in [-0.39, 0.29) is 0 Å². The van der Waals surface area contributed by atoms with Gasteiger partial charge in [-0.1, -0.05) is 61.9 Å². The molecule has 0 spiro atoms. The van der Waals surface area contributed by atoms with Gasteiger partial charge in [0.15, 0.2) is 0 Å². The minimum atomic E-state index is 0.514. The second-order valence-electron chi connectivity index (χ2n) is 8.87. The van der Waals surface area contributed by atoms with Gasteiger partial charge in [-0.05, 0) is 44.5 Å². The molecule has 2 aromatic carbocycles. The summed E-state index contributed by atoms with van der Waals surface area (Å²) < 4.78 is 5.90. The first-order valence-corrected chi connectivity index (χ1v) is 12.9. The minimum absolute atomic E-state index is 0.514. The zero-order valence-electron chi connectivity index (χ0n) is 21.9. The number of ether oxygens (including phenoxy) is 1. The lowest BCUT2D eigenvalue weighted by Gasteiger charge is -2.17. The molecule has 6 nitrogen and oxygen atoms in total. The van der Waals surface area contributed by atoms with Crippen LogP contribution in [-0.2, 0) is 13.0 Å². The largest absolute Gasteiger partial charge is 0.495 e. The van der Waals surface area contributed by atoms with Crippen molar-refractivity contribution in [2.24, 2.45) is 16.6 Å². The van der Waals surface area contributed by atoms with E-state index in [4.69, 9.17) is 32.0 Å². The fraction of sp³-hybridized carbons (Fsp3) is 0.300. The first-order valence-electron chi connectivity index (χ1n) is 12.5. The Morgan fingerprint density at radius 2 is 1.92 bits per heavy atom. The first-order chi connectivity index (χ1) is 18.0. The molecule has 3 aromatic rings. The third-order valence-electron chi connectivity index (χ3n) is 6.30. The summed E-state index contributed by atoms with van der Waals surface area (Å²) in [5.74, 6) is 1.25. The number of benzene rings is 2. The molecule has 0 saturated carbocycles. The van der Waals surface area contributed by atoms with Gasteiger partial charge in [-0.15, -0.1) is 6.58 Å². The summed E-state index contributed by atoms with van der Waals surface area (Å²) in [5.41, 5.74) is 12.1. The van der Waals surface area contributed by atoms with Crippen molar-refractivity contribution in [3.05, 3.63) is 83.4 Å². The summed E-state index contributed by atoms with van der Waals surface area (Å²) in [7, 11) is 1.65. The molecule has 0 bridgehead atoms. The average Bonchev–Trinajstić information content (AvgIpc) is 2.93. The molecule has 0 fully saturated rings. The lowest BCUT2D eigenvalue weighted by molar-refractivity contribution is 0.418. The second-order valence-corrected chi connectivity index (χ2v) is 9.25. The van der Waals surface area contributed by atoms with E-state index in [1.54, 1.807) is 7.11 Å². The highest BCUT2D eigenvalue weighted by Crippen LogP contribution is 2.42. The van der Waals surface area contributed by atoms with Crippen LogP contribution in [0.2, 0.25) is 5.02 Å². The first kappa shape index (κ1) is 28.1. The topological polar surface area (TPSA) is 85.4 Å². The van der Waals surface area contributed by atoms with Crippen LogP contribution in [-0.4, -0.2) is 30.3 Å². The molecule has 0 saturated heterocycles. The Labute approximate surface area is 225 Å². The van der Waals surface area contributed by atoms with Crippen molar-refractivity contribution in [3.63, 3.8) is 0 Å². The second kappa shape index (κ2) is 13.7. The highest BCUT2D eigenvalue weighted by atomic mass is 35.5. The summed E-state index contributed by atoms with van der Waals surface area (Å²) in [5, 5.41) is 4.05. The number of hydrogen-bond donors (Lipinski definition) is 2. The number of para-hydroxylation sites is 1. The van der Waals surface area contributed by atoms with Gasteiger partial charge in [0.2, 0.25) is 0 Å². The fourth-order valence-corrected chi connectivity index (χ4v) is 4.62. The number of hydrogen-bond acceptors (Lipinski definition) is 6. The van der Waals surface area contributed by atoms with E-state index in [2.05, 4.69) is 37.5 Å². The maximum atomic E-state index is 6.81. The summed E-state index contributed by atoms with van der Waals surface area (Å²) in [6.45, 7) is 13.4. The Balaban J connectivity index is 1.95. The van der Waals surface area contributed by atoms with Crippen molar-refractivity contribution in [2.45, 2.75) is 39.7 Å². The van der Waals surface area contributed by atoms with Crippen LogP contribution in [0.15, 0.2) is 66.4 Å². The molecule has 0 radical (unpaired) electrons. The Kier molecular flexibility index (Phi) is 10.4. The van der Waals surface area contributed by atoms with Gasteiger partial charge in [-0.25, -0.2) is 4.98 Å². The maximum Gasteiger partial charge on any atom is 0.136 e.